The highest BCUT2D eigenvalue weighted by molar-refractivity contribution is 9.10. The Morgan fingerprint density at radius 2 is 1.76 bits per heavy atom. The highest BCUT2D eigenvalue weighted by atomic mass is 79.9. The van der Waals surface area contributed by atoms with Crippen molar-refractivity contribution < 1.29 is 0 Å². The number of aromatic amines is 1. The third-order valence-electron chi connectivity index (χ3n) is 3.03. The summed E-state index contributed by atoms with van der Waals surface area (Å²) in [6.45, 7) is 0. The summed E-state index contributed by atoms with van der Waals surface area (Å²) in [6, 6.07) is 14.0. The lowest BCUT2D eigenvalue weighted by atomic mass is 10.1. The predicted molar refractivity (Wildman–Crippen MR) is 92.1 cm³/mol. The van der Waals surface area contributed by atoms with Gasteiger partial charge in [-0.2, -0.15) is 0 Å². The molecule has 0 atom stereocenters. The molecule has 1 N–H and O–H groups in total. The molecule has 1 aromatic heterocycles. The highest BCUT2D eigenvalue weighted by Crippen LogP contribution is 2.23. The van der Waals surface area contributed by atoms with Gasteiger partial charge in [0.15, 0.2) is 0 Å². The second-order valence-corrected chi connectivity index (χ2v) is 5.95. The van der Waals surface area contributed by atoms with E-state index in [1.165, 1.54) is 0 Å². The Morgan fingerprint density at radius 1 is 1.00 bits per heavy atom. The van der Waals surface area contributed by atoms with E-state index in [0.717, 1.165) is 27.0 Å². The van der Waals surface area contributed by atoms with E-state index in [9.17, 15) is 0 Å². The predicted octanol–water partition coefficient (Wildman–Crippen LogP) is 5.66. The monoisotopic (exact) mass is 358 g/mol. The molecule has 3 aromatic rings. The van der Waals surface area contributed by atoms with Gasteiger partial charge in [-0.05, 0) is 41.5 Å². The van der Waals surface area contributed by atoms with Crippen LogP contribution in [0, 0.1) is 0 Å². The molecule has 1 heterocycles. The summed E-state index contributed by atoms with van der Waals surface area (Å²) >= 11 is 9.62. The van der Waals surface area contributed by atoms with Crippen LogP contribution in [0.2, 0.25) is 5.02 Å². The molecule has 0 spiro atoms. The number of hydrogen-bond acceptors (Lipinski definition) is 1. The van der Waals surface area contributed by atoms with Crippen LogP contribution >= 0.6 is 27.5 Å². The van der Waals surface area contributed by atoms with Crippen molar-refractivity contribution in [3.63, 3.8) is 0 Å². The first-order valence-electron chi connectivity index (χ1n) is 6.45. The van der Waals surface area contributed by atoms with Gasteiger partial charge in [-0.25, -0.2) is 4.98 Å². The summed E-state index contributed by atoms with van der Waals surface area (Å²) in [5.74, 6) is 0.816. The number of H-pyrrole nitrogens is 1. The average Bonchev–Trinajstić information content (AvgIpc) is 3.00. The van der Waals surface area contributed by atoms with Crippen molar-refractivity contribution in [1.82, 2.24) is 9.97 Å². The topological polar surface area (TPSA) is 28.7 Å². The fraction of sp³-hybridized carbons (Fsp3) is 0. The first-order chi connectivity index (χ1) is 10.2. The molecule has 0 saturated heterocycles. The lowest BCUT2D eigenvalue weighted by Gasteiger charge is -2.02. The van der Waals surface area contributed by atoms with Crippen molar-refractivity contribution in [1.29, 1.82) is 0 Å². The van der Waals surface area contributed by atoms with E-state index in [0.29, 0.717) is 5.02 Å². The molecular weight excluding hydrogens is 348 g/mol. The maximum Gasteiger partial charge on any atom is 0.137 e. The van der Waals surface area contributed by atoms with E-state index in [1.807, 2.05) is 30.3 Å². The van der Waals surface area contributed by atoms with Crippen LogP contribution in [0.3, 0.4) is 0 Å². The summed E-state index contributed by atoms with van der Waals surface area (Å²) < 4.78 is 1.07. The van der Waals surface area contributed by atoms with Crippen LogP contribution in [0.15, 0.2) is 59.3 Å². The van der Waals surface area contributed by atoms with Gasteiger partial charge < -0.3 is 4.98 Å². The van der Waals surface area contributed by atoms with Crippen molar-refractivity contribution in [2.45, 2.75) is 0 Å². The van der Waals surface area contributed by atoms with Gasteiger partial charge in [0.1, 0.15) is 5.82 Å². The minimum atomic E-state index is 0.694. The number of nitrogens with zero attached hydrogens (tertiary/aromatic N) is 1. The number of halogens is 2. The van der Waals surface area contributed by atoms with Gasteiger partial charge in [0.25, 0.3) is 0 Å². The normalized spacial score (nSPS) is 11.1. The van der Waals surface area contributed by atoms with Gasteiger partial charge >= 0.3 is 0 Å². The Bertz CT molecular complexity index is 762. The van der Waals surface area contributed by atoms with E-state index >= 15 is 0 Å². The van der Waals surface area contributed by atoms with Crippen LogP contribution in [0.1, 0.15) is 11.1 Å². The van der Waals surface area contributed by atoms with Gasteiger partial charge in [-0.15, -0.1) is 0 Å². The molecule has 0 radical (unpaired) electrons. The van der Waals surface area contributed by atoms with Crippen molar-refractivity contribution in [2.75, 3.05) is 0 Å². The van der Waals surface area contributed by atoms with E-state index in [4.69, 9.17) is 11.6 Å². The Kier molecular flexibility index (Phi) is 4.23. The Labute approximate surface area is 136 Å². The van der Waals surface area contributed by atoms with Crippen molar-refractivity contribution in [3.05, 3.63) is 75.5 Å². The van der Waals surface area contributed by atoms with Crippen LogP contribution in [0.5, 0.6) is 0 Å². The third kappa shape index (κ3) is 3.63. The third-order valence-corrected chi connectivity index (χ3v) is 3.78. The maximum absolute atomic E-state index is 6.19. The molecule has 3 rings (SSSR count). The largest absolute Gasteiger partial charge is 0.345 e. The van der Waals surface area contributed by atoms with Crippen molar-refractivity contribution in [3.8, 4) is 11.4 Å². The number of nitrogens with one attached hydrogen (secondary N) is 1. The number of rotatable bonds is 3. The van der Waals surface area contributed by atoms with Gasteiger partial charge in [0, 0.05) is 27.5 Å². The lowest BCUT2D eigenvalue weighted by molar-refractivity contribution is 1.31. The first-order valence-corrected chi connectivity index (χ1v) is 7.62. The van der Waals surface area contributed by atoms with Gasteiger partial charge in [0.2, 0.25) is 0 Å². The Morgan fingerprint density at radius 3 is 2.48 bits per heavy atom. The summed E-state index contributed by atoms with van der Waals surface area (Å²) in [7, 11) is 0. The molecule has 2 nitrogen and oxygen atoms in total. The molecule has 2 aromatic carbocycles. The first kappa shape index (κ1) is 14.1. The molecule has 0 aliphatic carbocycles. The van der Waals surface area contributed by atoms with Gasteiger partial charge in [-0.1, -0.05) is 51.8 Å². The fourth-order valence-electron chi connectivity index (χ4n) is 2.03. The quantitative estimate of drug-likeness (QED) is 0.600. The smallest absolute Gasteiger partial charge is 0.137 e. The molecule has 0 saturated carbocycles. The van der Waals surface area contributed by atoms with E-state index in [2.05, 4.69) is 50.2 Å². The van der Waals surface area contributed by atoms with Gasteiger partial charge in [-0.3, -0.25) is 0 Å². The molecule has 104 valence electrons. The SMILES string of the molecule is Clc1cc(/C=C/c2ccc(Br)cc2)cc(-c2ncc[nH]2)c1. The Hall–Kier alpha value is -1.84. The molecular formula is C17H12BrClN2. The zero-order chi connectivity index (χ0) is 14.7. The number of benzene rings is 2. The van der Waals surface area contributed by atoms with Gasteiger partial charge in [0.05, 0.1) is 0 Å². The van der Waals surface area contributed by atoms with E-state index in [-0.39, 0.29) is 0 Å². The Balaban J connectivity index is 1.90. The molecule has 0 aliphatic rings. The molecule has 0 aliphatic heterocycles. The summed E-state index contributed by atoms with van der Waals surface area (Å²) in [5.41, 5.74) is 3.15. The second kappa shape index (κ2) is 6.29. The molecule has 21 heavy (non-hydrogen) atoms. The summed E-state index contributed by atoms with van der Waals surface area (Å²) in [6.07, 6.45) is 7.63. The van der Waals surface area contributed by atoms with Crippen LogP contribution in [-0.2, 0) is 0 Å². The zero-order valence-corrected chi connectivity index (χ0v) is 13.4. The van der Waals surface area contributed by atoms with E-state index < -0.39 is 0 Å². The van der Waals surface area contributed by atoms with Crippen LogP contribution in [0.4, 0.5) is 0 Å². The average molecular weight is 360 g/mol. The second-order valence-electron chi connectivity index (χ2n) is 4.60. The molecule has 0 amide bonds. The number of imidazole rings is 1. The summed E-state index contributed by atoms with van der Waals surface area (Å²) in [4.78, 5) is 7.34. The molecule has 4 heteroatoms. The van der Waals surface area contributed by atoms with E-state index in [1.54, 1.807) is 12.4 Å². The fourth-order valence-corrected chi connectivity index (χ4v) is 2.54. The van der Waals surface area contributed by atoms with Crippen molar-refractivity contribution in [2.24, 2.45) is 0 Å². The molecule has 0 fully saturated rings. The molecule has 0 bridgehead atoms. The molecule has 0 unspecified atom stereocenters. The van der Waals surface area contributed by atoms with Crippen LogP contribution in [0.25, 0.3) is 23.5 Å². The minimum absolute atomic E-state index is 0.694. The summed E-state index contributed by atoms with van der Waals surface area (Å²) in [5, 5.41) is 0.694. The standard InChI is InChI=1S/C17H12BrClN2/c18-15-5-3-12(4-6-15)1-2-13-9-14(11-16(19)10-13)17-20-7-8-21-17/h1-11H,(H,20,21)/b2-1+. The maximum atomic E-state index is 6.19. The lowest BCUT2D eigenvalue weighted by Crippen LogP contribution is -1.82. The highest BCUT2D eigenvalue weighted by Gasteiger charge is 2.02. The number of hydrogen-bond donors (Lipinski definition) is 1. The van der Waals surface area contributed by atoms with Crippen LogP contribution in [-0.4, -0.2) is 9.97 Å². The van der Waals surface area contributed by atoms with Crippen molar-refractivity contribution >= 4 is 39.7 Å². The number of aromatic nitrogens is 2. The zero-order valence-electron chi connectivity index (χ0n) is 11.1. The minimum Gasteiger partial charge on any atom is -0.345 e. The van der Waals surface area contributed by atoms with Crippen LogP contribution < -0.4 is 0 Å².